The molecule has 0 bridgehead atoms. The fourth-order valence-corrected chi connectivity index (χ4v) is 9.16. The van der Waals surface area contributed by atoms with Crippen molar-refractivity contribution < 1.29 is 19.1 Å². The van der Waals surface area contributed by atoms with E-state index in [1.165, 1.54) is 141 Å². The van der Waals surface area contributed by atoms with Crippen LogP contribution in [0.3, 0.4) is 0 Å². The Bertz CT molecular complexity index is 722. The first-order valence-corrected chi connectivity index (χ1v) is 18.6. The number of hydrogen-bond donors (Lipinski definition) is 0. The van der Waals surface area contributed by atoms with E-state index in [0.29, 0.717) is 0 Å². The van der Waals surface area contributed by atoms with Crippen molar-refractivity contribution >= 4 is 11.9 Å². The van der Waals surface area contributed by atoms with Crippen LogP contribution in [0.5, 0.6) is 0 Å². The predicted octanol–water partition coefficient (Wildman–Crippen LogP) is 10.5. The summed E-state index contributed by atoms with van der Waals surface area (Å²) in [6.45, 7) is 4.58. The standard InChI is InChI=1S/C38H64O4/c1-3-5-7-9-29-11-15-31(16-12-29)33-19-23-35(24-20-33)41-37(39)27-28-38(40)42-36-25-21-34(22-26-36)32-17-13-30(14-18-32)10-8-6-4-2/h27-36H,3-26H2,1-2H3. The minimum Gasteiger partial charge on any atom is -0.459 e. The first kappa shape index (κ1) is 33.6. The van der Waals surface area contributed by atoms with Gasteiger partial charge in [-0.25, -0.2) is 9.59 Å². The fraction of sp³-hybridized carbons (Fsp3) is 0.895. The van der Waals surface area contributed by atoms with E-state index in [1.54, 1.807) is 0 Å². The van der Waals surface area contributed by atoms with Crippen molar-refractivity contribution in [1.29, 1.82) is 0 Å². The van der Waals surface area contributed by atoms with Crippen LogP contribution in [0.15, 0.2) is 12.2 Å². The van der Waals surface area contributed by atoms with Crippen molar-refractivity contribution in [1.82, 2.24) is 0 Å². The Kier molecular flexibility index (Phi) is 14.8. The summed E-state index contributed by atoms with van der Waals surface area (Å²) in [6.07, 6.45) is 33.6. The second-order valence-electron chi connectivity index (χ2n) is 14.8. The lowest BCUT2D eigenvalue weighted by Crippen LogP contribution is -2.30. The van der Waals surface area contributed by atoms with Gasteiger partial charge in [0, 0.05) is 12.2 Å². The Labute approximate surface area is 258 Å². The highest BCUT2D eigenvalue weighted by atomic mass is 16.5. The molecule has 0 spiro atoms. The molecule has 0 radical (unpaired) electrons. The lowest BCUT2D eigenvalue weighted by Gasteiger charge is -2.37. The zero-order valence-corrected chi connectivity index (χ0v) is 27.4. The Balaban J connectivity index is 1.05. The molecule has 4 fully saturated rings. The molecule has 4 aliphatic rings. The number of rotatable bonds is 14. The highest BCUT2D eigenvalue weighted by Crippen LogP contribution is 2.43. The maximum atomic E-state index is 12.4. The highest BCUT2D eigenvalue weighted by Gasteiger charge is 2.33. The molecule has 4 nitrogen and oxygen atoms in total. The third-order valence-corrected chi connectivity index (χ3v) is 11.9. The van der Waals surface area contributed by atoms with E-state index in [9.17, 15) is 9.59 Å². The van der Waals surface area contributed by atoms with Crippen molar-refractivity contribution in [2.75, 3.05) is 0 Å². The Hall–Kier alpha value is -1.32. The van der Waals surface area contributed by atoms with Gasteiger partial charge in [0.2, 0.25) is 0 Å². The minimum absolute atomic E-state index is 0.00138. The SMILES string of the molecule is CCCCCC1CCC(C2CCC(OC(=O)C=CC(=O)OC3CCC(C4CCC(CCCCC)CC4)CC3)CC2)CC1. The first-order chi connectivity index (χ1) is 20.5. The third kappa shape index (κ3) is 11.3. The number of ether oxygens (including phenoxy) is 2. The van der Waals surface area contributed by atoms with Crippen LogP contribution in [0.2, 0.25) is 0 Å². The molecule has 0 amide bonds. The van der Waals surface area contributed by atoms with Crippen LogP contribution in [-0.2, 0) is 19.1 Å². The molecule has 0 atom stereocenters. The number of hydrogen-bond acceptors (Lipinski definition) is 4. The monoisotopic (exact) mass is 584 g/mol. The Morgan fingerprint density at radius 2 is 0.786 bits per heavy atom. The van der Waals surface area contributed by atoms with E-state index >= 15 is 0 Å². The number of unbranched alkanes of at least 4 members (excludes halogenated alkanes) is 4. The first-order valence-electron chi connectivity index (χ1n) is 18.6. The molecule has 4 saturated carbocycles. The summed E-state index contributed by atoms with van der Waals surface area (Å²) < 4.78 is 11.4. The van der Waals surface area contributed by atoms with Crippen LogP contribution in [-0.4, -0.2) is 24.1 Å². The number of carbonyl (C=O) groups is 2. The second-order valence-corrected chi connectivity index (χ2v) is 14.8. The molecule has 0 aromatic rings. The lowest BCUT2D eigenvalue weighted by molar-refractivity contribution is -0.148. The van der Waals surface area contributed by atoms with E-state index in [1.807, 2.05) is 0 Å². The molecule has 0 saturated heterocycles. The van der Waals surface area contributed by atoms with Gasteiger partial charge in [0.15, 0.2) is 0 Å². The summed E-state index contributed by atoms with van der Waals surface area (Å²) in [4.78, 5) is 24.9. The summed E-state index contributed by atoms with van der Waals surface area (Å²) >= 11 is 0. The van der Waals surface area contributed by atoms with Gasteiger partial charge in [-0.3, -0.25) is 0 Å². The van der Waals surface area contributed by atoms with E-state index in [2.05, 4.69) is 13.8 Å². The van der Waals surface area contributed by atoms with Crippen LogP contribution < -0.4 is 0 Å². The van der Waals surface area contributed by atoms with E-state index in [-0.39, 0.29) is 12.2 Å². The number of esters is 2. The largest absolute Gasteiger partial charge is 0.459 e. The van der Waals surface area contributed by atoms with Crippen molar-refractivity contribution in [2.45, 2.75) is 180 Å². The smallest absolute Gasteiger partial charge is 0.331 e. The van der Waals surface area contributed by atoms with E-state index < -0.39 is 11.9 Å². The van der Waals surface area contributed by atoms with Gasteiger partial charge in [-0.15, -0.1) is 0 Å². The van der Waals surface area contributed by atoms with E-state index in [0.717, 1.165) is 61.2 Å². The summed E-state index contributed by atoms with van der Waals surface area (Å²) in [7, 11) is 0. The van der Waals surface area contributed by atoms with Crippen LogP contribution in [0, 0.1) is 35.5 Å². The van der Waals surface area contributed by atoms with E-state index in [4.69, 9.17) is 9.47 Å². The molecule has 42 heavy (non-hydrogen) atoms. The molecular formula is C38H64O4. The van der Waals surface area contributed by atoms with Crippen LogP contribution in [0.4, 0.5) is 0 Å². The fourth-order valence-electron chi connectivity index (χ4n) is 9.16. The average molecular weight is 585 g/mol. The van der Waals surface area contributed by atoms with Gasteiger partial charge in [-0.05, 0) is 113 Å². The van der Waals surface area contributed by atoms with Crippen LogP contribution in [0.1, 0.15) is 168 Å². The maximum Gasteiger partial charge on any atom is 0.331 e. The second kappa shape index (κ2) is 18.5. The molecule has 0 aliphatic heterocycles. The molecular weight excluding hydrogens is 520 g/mol. The van der Waals surface area contributed by atoms with Crippen LogP contribution in [0.25, 0.3) is 0 Å². The zero-order valence-electron chi connectivity index (χ0n) is 27.4. The third-order valence-electron chi connectivity index (χ3n) is 11.9. The molecule has 4 heteroatoms. The number of carbonyl (C=O) groups excluding carboxylic acids is 2. The highest BCUT2D eigenvalue weighted by molar-refractivity contribution is 5.91. The topological polar surface area (TPSA) is 52.6 Å². The quantitative estimate of drug-likeness (QED) is 0.116. The lowest BCUT2D eigenvalue weighted by atomic mass is 9.70. The normalized spacial score (nSPS) is 34.2. The molecule has 4 rings (SSSR count). The molecule has 0 unspecified atom stereocenters. The van der Waals surface area contributed by atoms with Gasteiger partial charge in [-0.1, -0.05) is 90.9 Å². The summed E-state index contributed by atoms with van der Waals surface area (Å²) in [5, 5.41) is 0. The summed E-state index contributed by atoms with van der Waals surface area (Å²) in [6, 6.07) is 0. The van der Waals surface area contributed by atoms with Gasteiger partial charge in [0.05, 0.1) is 0 Å². The summed E-state index contributed by atoms with van der Waals surface area (Å²) in [5.41, 5.74) is 0. The van der Waals surface area contributed by atoms with Gasteiger partial charge in [0.25, 0.3) is 0 Å². The molecule has 0 heterocycles. The Morgan fingerprint density at radius 1 is 0.476 bits per heavy atom. The average Bonchev–Trinajstić information content (AvgIpc) is 3.02. The molecule has 0 aromatic carbocycles. The van der Waals surface area contributed by atoms with Gasteiger partial charge < -0.3 is 9.47 Å². The van der Waals surface area contributed by atoms with Gasteiger partial charge in [0.1, 0.15) is 12.2 Å². The molecule has 240 valence electrons. The molecule has 0 aromatic heterocycles. The van der Waals surface area contributed by atoms with Gasteiger partial charge >= 0.3 is 11.9 Å². The van der Waals surface area contributed by atoms with Crippen LogP contribution >= 0.6 is 0 Å². The predicted molar refractivity (Wildman–Crippen MR) is 172 cm³/mol. The van der Waals surface area contributed by atoms with Gasteiger partial charge in [-0.2, -0.15) is 0 Å². The van der Waals surface area contributed by atoms with Crippen molar-refractivity contribution in [3.8, 4) is 0 Å². The molecule has 4 aliphatic carbocycles. The Morgan fingerprint density at radius 3 is 1.10 bits per heavy atom. The van der Waals surface area contributed by atoms with Crippen molar-refractivity contribution in [3.63, 3.8) is 0 Å². The van der Waals surface area contributed by atoms with Crippen molar-refractivity contribution in [2.24, 2.45) is 35.5 Å². The minimum atomic E-state index is -0.392. The maximum absolute atomic E-state index is 12.4. The van der Waals surface area contributed by atoms with Crippen molar-refractivity contribution in [3.05, 3.63) is 12.2 Å². The zero-order chi connectivity index (χ0) is 29.6. The summed E-state index contributed by atoms with van der Waals surface area (Å²) in [5.74, 6) is 4.52. The molecule has 0 N–H and O–H groups in total.